The highest BCUT2D eigenvalue weighted by molar-refractivity contribution is 7.22. The van der Waals surface area contributed by atoms with E-state index >= 15 is 0 Å². The van der Waals surface area contributed by atoms with Crippen molar-refractivity contribution in [1.29, 1.82) is 0 Å². The van der Waals surface area contributed by atoms with Crippen LogP contribution in [-0.4, -0.2) is 57.2 Å². The summed E-state index contributed by atoms with van der Waals surface area (Å²) < 4.78 is 17.6. The number of thiazole rings is 1. The number of fused-ring (bicyclic) bond motifs is 2. The number of aromatic nitrogens is 1. The molecule has 0 aliphatic carbocycles. The zero-order valence-corrected chi connectivity index (χ0v) is 18.2. The van der Waals surface area contributed by atoms with E-state index in [-0.39, 0.29) is 11.7 Å². The van der Waals surface area contributed by atoms with Crippen molar-refractivity contribution in [3.63, 3.8) is 0 Å². The number of rotatable bonds is 7. The van der Waals surface area contributed by atoms with Gasteiger partial charge in [-0.25, -0.2) is 4.98 Å². The van der Waals surface area contributed by atoms with E-state index in [9.17, 15) is 4.79 Å². The number of carbonyl (C=O) groups excluding carboxylic acids is 1. The van der Waals surface area contributed by atoms with Crippen LogP contribution >= 0.6 is 11.3 Å². The van der Waals surface area contributed by atoms with Gasteiger partial charge in [-0.15, -0.1) is 0 Å². The van der Waals surface area contributed by atoms with Gasteiger partial charge in [-0.05, 0) is 38.4 Å². The Morgan fingerprint density at radius 1 is 1.07 bits per heavy atom. The Labute approximate surface area is 178 Å². The van der Waals surface area contributed by atoms with Crippen LogP contribution in [-0.2, 0) is 0 Å². The first kappa shape index (κ1) is 20.2. The number of hydrogen-bond acceptors (Lipinski definition) is 7. The van der Waals surface area contributed by atoms with Crippen molar-refractivity contribution in [3.05, 3.63) is 48.2 Å². The molecule has 0 bridgehead atoms. The first-order chi connectivity index (χ1) is 14.5. The number of para-hydroxylation sites is 2. The molecule has 2 aromatic heterocycles. The van der Waals surface area contributed by atoms with Crippen molar-refractivity contribution in [2.24, 2.45) is 0 Å². The number of nitrogens with zero attached hydrogens (tertiary/aromatic N) is 3. The van der Waals surface area contributed by atoms with Crippen molar-refractivity contribution in [1.82, 2.24) is 9.88 Å². The number of amides is 1. The fourth-order valence-corrected chi connectivity index (χ4v) is 4.22. The van der Waals surface area contributed by atoms with Crippen LogP contribution in [0, 0.1) is 0 Å². The Morgan fingerprint density at radius 2 is 1.80 bits per heavy atom. The zero-order valence-electron chi connectivity index (χ0n) is 17.3. The number of anilines is 1. The smallest absolute Gasteiger partial charge is 0.295 e. The van der Waals surface area contributed by atoms with Crippen LogP contribution in [0.5, 0.6) is 11.5 Å². The third kappa shape index (κ3) is 3.71. The van der Waals surface area contributed by atoms with E-state index in [4.69, 9.17) is 18.9 Å². The quantitative estimate of drug-likeness (QED) is 0.441. The summed E-state index contributed by atoms with van der Waals surface area (Å²) in [5, 5.41) is 1.42. The highest BCUT2D eigenvalue weighted by Crippen LogP contribution is 2.35. The molecule has 4 rings (SSSR count). The van der Waals surface area contributed by atoms with Gasteiger partial charge in [0.15, 0.2) is 22.2 Å². The molecule has 0 atom stereocenters. The lowest BCUT2D eigenvalue weighted by Gasteiger charge is -2.20. The fourth-order valence-electron chi connectivity index (χ4n) is 3.21. The molecule has 30 heavy (non-hydrogen) atoms. The molecule has 0 unspecified atom stereocenters. The number of benzene rings is 2. The topological polar surface area (TPSA) is 68.0 Å². The molecule has 0 aliphatic heterocycles. The Hall–Kier alpha value is -3.10. The Balaban J connectivity index is 1.76. The van der Waals surface area contributed by atoms with E-state index in [0.717, 1.165) is 15.6 Å². The molecule has 8 heteroatoms. The lowest BCUT2D eigenvalue weighted by atomic mass is 10.2. The van der Waals surface area contributed by atoms with Gasteiger partial charge in [0.1, 0.15) is 11.3 Å². The monoisotopic (exact) mass is 425 g/mol. The fraction of sp³-hybridized carbons (Fsp3) is 0.273. The maximum atomic E-state index is 13.5. The van der Waals surface area contributed by atoms with E-state index in [1.165, 1.54) is 11.3 Å². The van der Waals surface area contributed by atoms with Gasteiger partial charge in [0.05, 0.1) is 18.9 Å². The van der Waals surface area contributed by atoms with Gasteiger partial charge in [0.25, 0.3) is 5.91 Å². The van der Waals surface area contributed by atoms with Gasteiger partial charge < -0.3 is 18.8 Å². The van der Waals surface area contributed by atoms with Crippen molar-refractivity contribution in [3.8, 4) is 11.5 Å². The Morgan fingerprint density at radius 3 is 2.53 bits per heavy atom. The SMILES string of the molecule is COc1cccc2sc(N(CCN(C)C)C(=O)c3cc4cccc(OC)c4o3)nc12. The highest BCUT2D eigenvalue weighted by Gasteiger charge is 2.25. The highest BCUT2D eigenvalue weighted by atomic mass is 32.1. The number of likely N-dealkylation sites (N-methyl/N-ethyl adjacent to an activating group) is 1. The van der Waals surface area contributed by atoms with Crippen LogP contribution in [0.3, 0.4) is 0 Å². The number of furan rings is 1. The molecule has 7 nitrogen and oxygen atoms in total. The van der Waals surface area contributed by atoms with Crippen LogP contribution in [0.15, 0.2) is 46.9 Å². The predicted molar refractivity (Wildman–Crippen MR) is 119 cm³/mol. The van der Waals surface area contributed by atoms with E-state index in [2.05, 4.69) is 0 Å². The second kappa shape index (κ2) is 8.33. The normalized spacial score (nSPS) is 11.4. The lowest BCUT2D eigenvalue weighted by Crippen LogP contribution is -2.36. The van der Waals surface area contributed by atoms with Crippen LogP contribution in [0.25, 0.3) is 21.2 Å². The van der Waals surface area contributed by atoms with Gasteiger partial charge in [-0.2, -0.15) is 0 Å². The molecular formula is C22H23N3O4S. The minimum Gasteiger partial charge on any atom is -0.494 e. The van der Waals surface area contributed by atoms with E-state index < -0.39 is 0 Å². The van der Waals surface area contributed by atoms with Gasteiger partial charge in [0, 0.05) is 18.5 Å². The van der Waals surface area contributed by atoms with Crippen LogP contribution in [0.4, 0.5) is 5.13 Å². The van der Waals surface area contributed by atoms with E-state index in [1.54, 1.807) is 25.2 Å². The summed E-state index contributed by atoms with van der Waals surface area (Å²) in [4.78, 5) is 21.9. The maximum absolute atomic E-state index is 13.5. The number of hydrogen-bond donors (Lipinski definition) is 0. The van der Waals surface area contributed by atoms with Gasteiger partial charge in [0.2, 0.25) is 0 Å². The summed E-state index contributed by atoms with van der Waals surface area (Å²) in [6, 6.07) is 13.1. The summed E-state index contributed by atoms with van der Waals surface area (Å²) in [7, 11) is 7.13. The molecule has 156 valence electrons. The Kier molecular flexibility index (Phi) is 5.61. The molecule has 0 radical (unpaired) electrons. The third-order valence-corrected chi connectivity index (χ3v) is 5.82. The van der Waals surface area contributed by atoms with Crippen LogP contribution < -0.4 is 14.4 Å². The molecule has 0 fully saturated rings. The molecule has 0 saturated carbocycles. The van der Waals surface area contributed by atoms with E-state index in [0.29, 0.717) is 35.3 Å². The average Bonchev–Trinajstić information content (AvgIpc) is 3.37. The molecule has 0 aliphatic rings. The van der Waals surface area contributed by atoms with Gasteiger partial charge in [-0.1, -0.05) is 29.5 Å². The minimum absolute atomic E-state index is 0.242. The van der Waals surface area contributed by atoms with Crippen molar-refractivity contribution < 1.29 is 18.7 Å². The van der Waals surface area contributed by atoms with Crippen LogP contribution in [0.1, 0.15) is 10.6 Å². The summed E-state index contributed by atoms with van der Waals surface area (Å²) >= 11 is 1.45. The van der Waals surface area contributed by atoms with Gasteiger partial charge in [-0.3, -0.25) is 9.69 Å². The molecule has 2 heterocycles. The molecule has 0 saturated heterocycles. The average molecular weight is 426 g/mol. The molecule has 1 amide bonds. The zero-order chi connectivity index (χ0) is 21.3. The number of methoxy groups -OCH3 is 2. The largest absolute Gasteiger partial charge is 0.494 e. The third-order valence-electron chi connectivity index (χ3n) is 4.78. The molecule has 2 aromatic carbocycles. The van der Waals surface area contributed by atoms with E-state index in [1.807, 2.05) is 55.4 Å². The molecule has 4 aromatic rings. The minimum atomic E-state index is -0.242. The predicted octanol–water partition coefficient (Wildman–Crippen LogP) is 4.27. The molecule has 0 spiro atoms. The standard InChI is InChI=1S/C22H23N3O4S/c1-24(2)11-12-25(22-23-19-15(27-3)8-6-10-18(19)30-22)21(26)17-13-14-7-5-9-16(28-4)20(14)29-17/h5-10,13H,11-12H2,1-4H3. The Bertz CT molecular complexity index is 1200. The summed E-state index contributed by atoms with van der Waals surface area (Å²) in [6.07, 6.45) is 0. The van der Waals surface area contributed by atoms with Crippen molar-refractivity contribution >= 4 is 43.6 Å². The van der Waals surface area contributed by atoms with Crippen molar-refractivity contribution in [2.45, 2.75) is 0 Å². The first-order valence-corrected chi connectivity index (χ1v) is 10.3. The summed E-state index contributed by atoms with van der Waals surface area (Å²) in [5.74, 6) is 1.28. The van der Waals surface area contributed by atoms with Gasteiger partial charge >= 0.3 is 0 Å². The summed E-state index contributed by atoms with van der Waals surface area (Å²) in [6.45, 7) is 1.16. The maximum Gasteiger partial charge on any atom is 0.295 e. The van der Waals surface area contributed by atoms with Crippen LogP contribution in [0.2, 0.25) is 0 Å². The number of carbonyl (C=O) groups is 1. The molecular weight excluding hydrogens is 402 g/mol. The summed E-state index contributed by atoms with van der Waals surface area (Å²) in [5.41, 5.74) is 1.30. The second-order valence-electron chi connectivity index (χ2n) is 7.05. The first-order valence-electron chi connectivity index (χ1n) is 9.48. The van der Waals surface area contributed by atoms with Crippen molar-refractivity contribution in [2.75, 3.05) is 46.3 Å². The lowest BCUT2D eigenvalue weighted by molar-refractivity contribution is 0.0960. The second-order valence-corrected chi connectivity index (χ2v) is 8.06. The number of ether oxygens (including phenoxy) is 2. The molecule has 0 N–H and O–H groups in total.